The highest BCUT2D eigenvalue weighted by Gasteiger charge is 2.07. The standard InChI is InChI=1S/C12H16O3/c1-9-10(5-3-2-4-8-13)6-7-11(14)12(9)15/h6-8,14-15H,2-5H2,1H3. The first-order chi connectivity index (χ1) is 7.16. The molecule has 0 saturated carbocycles. The fraction of sp³-hybridized carbons (Fsp3) is 0.417. The minimum absolute atomic E-state index is 0.0390. The molecule has 1 aromatic carbocycles. The van der Waals surface area contributed by atoms with E-state index in [1.165, 1.54) is 6.07 Å². The van der Waals surface area contributed by atoms with Gasteiger partial charge in [0.05, 0.1) is 0 Å². The second-order valence-corrected chi connectivity index (χ2v) is 3.63. The van der Waals surface area contributed by atoms with Crippen LogP contribution in [0.2, 0.25) is 0 Å². The van der Waals surface area contributed by atoms with Crippen LogP contribution in [0.25, 0.3) is 0 Å². The lowest BCUT2D eigenvalue weighted by Gasteiger charge is -2.08. The van der Waals surface area contributed by atoms with E-state index >= 15 is 0 Å². The van der Waals surface area contributed by atoms with Gasteiger partial charge in [0.25, 0.3) is 0 Å². The molecule has 0 spiro atoms. The van der Waals surface area contributed by atoms with Crippen LogP contribution in [0.4, 0.5) is 0 Å². The topological polar surface area (TPSA) is 57.5 Å². The number of rotatable bonds is 5. The van der Waals surface area contributed by atoms with Crippen LogP contribution in [0.1, 0.15) is 30.4 Å². The molecule has 0 heterocycles. The van der Waals surface area contributed by atoms with Gasteiger partial charge in [0.15, 0.2) is 11.5 Å². The van der Waals surface area contributed by atoms with E-state index in [4.69, 9.17) is 0 Å². The predicted octanol–water partition coefficient (Wildman–Crippen LogP) is 2.32. The highest BCUT2D eigenvalue weighted by atomic mass is 16.3. The molecule has 0 aromatic heterocycles. The summed E-state index contributed by atoms with van der Waals surface area (Å²) in [5, 5.41) is 18.7. The van der Waals surface area contributed by atoms with Crippen LogP contribution in [0, 0.1) is 6.92 Å². The first kappa shape index (κ1) is 11.6. The van der Waals surface area contributed by atoms with Crippen molar-refractivity contribution in [2.45, 2.75) is 32.6 Å². The van der Waals surface area contributed by atoms with E-state index in [0.717, 1.165) is 36.7 Å². The Kier molecular flexibility index (Phi) is 4.16. The second kappa shape index (κ2) is 5.39. The quantitative estimate of drug-likeness (QED) is 0.443. The van der Waals surface area contributed by atoms with Gasteiger partial charge in [0.1, 0.15) is 6.29 Å². The molecule has 0 bridgehead atoms. The summed E-state index contributed by atoms with van der Waals surface area (Å²) in [4.78, 5) is 10.1. The molecule has 0 aliphatic heterocycles. The summed E-state index contributed by atoms with van der Waals surface area (Å²) in [6.45, 7) is 1.78. The Morgan fingerprint density at radius 3 is 2.67 bits per heavy atom. The van der Waals surface area contributed by atoms with Gasteiger partial charge >= 0.3 is 0 Å². The smallest absolute Gasteiger partial charge is 0.160 e. The van der Waals surface area contributed by atoms with Crippen molar-refractivity contribution < 1.29 is 15.0 Å². The lowest BCUT2D eigenvalue weighted by molar-refractivity contribution is -0.107. The number of aryl methyl sites for hydroxylation is 1. The van der Waals surface area contributed by atoms with E-state index in [2.05, 4.69) is 0 Å². The molecule has 2 N–H and O–H groups in total. The summed E-state index contributed by atoms with van der Waals surface area (Å²) in [6.07, 6.45) is 4.12. The van der Waals surface area contributed by atoms with Gasteiger partial charge in [-0.05, 0) is 43.4 Å². The lowest BCUT2D eigenvalue weighted by Crippen LogP contribution is -1.91. The van der Waals surface area contributed by atoms with Crippen molar-refractivity contribution in [3.05, 3.63) is 23.3 Å². The number of hydrogen-bond acceptors (Lipinski definition) is 3. The Morgan fingerprint density at radius 1 is 1.27 bits per heavy atom. The number of carbonyl (C=O) groups is 1. The third-order valence-corrected chi connectivity index (χ3v) is 2.54. The maximum Gasteiger partial charge on any atom is 0.160 e. The number of hydrogen-bond donors (Lipinski definition) is 2. The van der Waals surface area contributed by atoms with Crippen LogP contribution in [0.15, 0.2) is 12.1 Å². The van der Waals surface area contributed by atoms with Crippen molar-refractivity contribution in [3.63, 3.8) is 0 Å². The highest BCUT2D eigenvalue weighted by Crippen LogP contribution is 2.31. The van der Waals surface area contributed by atoms with E-state index in [-0.39, 0.29) is 11.5 Å². The number of aldehydes is 1. The zero-order chi connectivity index (χ0) is 11.3. The summed E-state index contributed by atoms with van der Waals surface area (Å²) < 4.78 is 0. The van der Waals surface area contributed by atoms with Crippen LogP contribution in [-0.4, -0.2) is 16.5 Å². The van der Waals surface area contributed by atoms with Gasteiger partial charge in [-0.15, -0.1) is 0 Å². The molecule has 0 radical (unpaired) electrons. The molecule has 1 aromatic rings. The average molecular weight is 208 g/mol. The van der Waals surface area contributed by atoms with Crippen molar-refractivity contribution in [1.29, 1.82) is 0 Å². The summed E-state index contributed by atoms with van der Waals surface area (Å²) in [6, 6.07) is 3.31. The van der Waals surface area contributed by atoms with E-state index in [1.807, 2.05) is 6.07 Å². The monoisotopic (exact) mass is 208 g/mol. The first-order valence-electron chi connectivity index (χ1n) is 5.11. The fourth-order valence-corrected chi connectivity index (χ4v) is 1.54. The van der Waals surface area contributed by atoms with Crippen LogP contribution < -0.4 is 0 Å². The third kappa shape index (κ3) is 2.98. The zero-order valence-corrected chi connectivity index (χ0v) is 8.86. The van der Waals surface area contributed by atoms with Gasteiger partial charge in [-0.25, -0.2) is 0 Å². The van der Waals surface area contributed by atoms with Gasteiger partial charge in [-0.3, -0.25) is 0 Å². The average Bonchev–Trinajstić information content (AvgIpc) is 2.24. The van der Waals surface area contributed by atoms with Crippen molar-refractivity contribution in [2.24, 2.45) is 0 Å². The van der Waals surface area contributed by atoms with Gasteiger partial charge in [0.2, 0.25) is 0 Å². The van der Waals surface area contributed by atoms with Crippen LogP contribution >= 0.6 is 0 Å². The molecule has 0 atom stereocenters. The molecule has 1 rings (SSSR count). The van der Waals surface area contributed by atoms with Crippen molar-refractivity contribution in [3.8, 4) is 11.5 Å². The Bertz CT molecular complexity index is 345. The Morgan fingerprint density at radius 2 is 2.00 bits per heavy atom. The molecular weight excluding hydrogens is 192 g/mol. The number of unbranched alkanes of at least 4 members (excludes halogenated alkanes) is 2. The van der Waals surface area contributed by atoms with E-state index < -0.39 is 0 Å². The van der Waals surface area contributed by atoms with Crippen molar-refractivity contribution in [1.82, 2.24) is 0 Å². The molecule has 0 amide bonds. The van der Waals surface area contributed by atoms with E-state index in [9.17, 15) is 15.0 Å². The molecule has 0 aliphatic carbocycles. The van der Waals surface area contributed by atoms with Gasteiger partial charge in [-0.2, -0.15) is 0 Å². The molecule has 3 heteroatoms. The SMILES string of the molecule is Cc1c(CCCCC=O)ccc(O)c1O. The summed E-state index contributed by atoms with van der Waals surface area (Å²) >= 11 is 0. The minimum atomic E-state index is -0.0795. The maximum absolute atomic E-state index is 10.1. The summed E-state index contributed by atoms with van der Waals surface area (Å²) in [7, 11) is 0. The summed E-state index contributed by atoms with van der Waals surface area (Å²) in [5.74, 6) is -0.118. The maximum atomic E-state index is 10.1. The molecule has 82 valence electrons. The Labute approximate surface area is 89.4 Å². The molecular formula is C12H16O3. The first-order valence-corrected chi connectivity index (χ1v) is 5.11. The van der Waals surface area contributed by atoms with Gasteiger partial charge in [-0.1, -0.05) is 6.07 Å². The van der Waals surface area contributed by atoms with Crippen molar-refractivity contribution >= 4 is 6.29 Å². The normalized spacial score (nSPS) is 10.2. The fourth-order valence-electron chi connectivity index (χ4n) is 1.54. The number of benzene rings is 1. The Hall–Kier alpha value is -1.51. The minimum Gasteiger partial charge on any atom is -0.504 e. The number of phenolic OH excluding ortho intramolecular Hbond substituents is 2. The summed E-state index contributed by atoms with van der Waals surface area (Å²) in [5.41, 5.74) is 1.75. The molecule has 0 unspecified atom stereocenters. The van der Waals surface area contributed by atoms with E-state index in [1.54, 1.807) is 6.92 Å². The molecule has 0 fully saturated rings. The molecule has 15 heavy (non-hydrogen) atoms. The van der Waals surface area contributed by atoms with Gasteiger partial charge < -0.3 is 15.0 Å². The number of aromatic hydroxyl groups is 2. The largest absolute Gasteiger partial charge is 0.504 e. The number of phenols is 2. The van der Waals surface area contributed by atoms with Gasteiger partial charge in [0, 0.05) is 6.42 Å². The molecule has 0 aliphatic rings. The third-order valence-electron chi connectivity index (χ3n) is 2.54. The van der Waals surface area contributed by atoms with Crippen LogP contribution in [0.5, 0.6) is 11.5 Å². The number of carbonyl (C=O) groups excluding carboxylic acids is 1. The predicted molar refractivity (Wildman–Crippen MR) is 58.1 cm³/mol. The van der Waals surface area contributed by atoms with E-state index in [0.29, 0.717) is 6.42 Å². The Balaban J connectivity index is 2.62. The lowest BCUT2D eigenvalue weighted by atomic mass is 10.0. The van der Waals surface area contributed by atoms with Crippen molar-refractivity contribution in [2.75, 3.05) is 0 Å². The highest BCUT2D eigenvalue weighted by molar-refractivity contribution is 5.49. The van der Waals surface area contributed by atoms with Crippen LogP contribution in [-0.2, 0) is 11.2 Å². The van der Waals surface area contributed by atoms with Crippen LogP contribution in [0.3, 0.4) is 0 Å². The zero-order valence-electron chi connectivity index (χ0n) is 8.86. The molecule has 0 saturated heterocycles. The molecule has 3 nitrogen and oxygen atoms in total. The second-order valence-electron chi connectivity index (χ2n) is 3.63.